The maximum Gasteiger partial charge on any atom is 0.337 e. The highest BCUT2D eigenvalue weighted by atomic mass is 79.9. The van der Waals surface area contributed by atoms with E-state index in [2.05, 4.69) is 38.7 Å². The van der Waals surface area contributed by atoms with Gasteiger partial charge in [-0.2, -0.15) is 0 Å². The Morgan fingerprint density at radius 1 is 1.33 bits per heavy atom. The molecule has 0 saturated heterocycles. The number of carbonyl (C=O) groups excluding carboxylic acids is 1. The fraction of sp³-hybridized carbons (Fsp3) is 0.333. The van der Waals surface area contributed by atoms with Gasteiger partial charge in [0.2, 0.25) is 0 Å². The molecule has 0 aliphatic heterocycles. The molecule has 0 radical (unpaired) electrons. The Labute approximate surface area is 131 Å². The van der Waals surface area contributed by atoms with E-state index in [0.29, 0.717) is 16.9 Å². The van der Waals surface area contributed by atoms with Gasteiger partial charge in [0.05, 0.1) is 11.3 Å². The van der Waals surface area contributed by atoms with Gasteiger partial charge in [-0.05, 0) is 43.4 Å². The van der Waals surface area contributed by atoms with E-state index in [1.165, 1.54) is 6.07 Å². The number of carboxylic acids is 1. The summed E-state index contributed by atoms with van der Waals surface area (Å²) >= 11 is 3.22. The van der Waals surface area contributed by atoms with E-state index < -0.39 is 5.97 Å². The highest BCUT2D eigenvalue weighted by Crippen LogP contribution is 2.21. The average molecular weight is 353 g/mol. The van der Waals surface area contributed by atoms with E-state index in [4.69, 9.17) is 5.11 Å². The van der Waals surface area contributed by atoms with Crippen molar-refractivity contribution in [1.82, 2.24) is 5.32 Å². The van der Waals surface area contributed by atoms with Crippen molar-refractivity contribution in [3.8, 4) is 0 Å². The number of hydrogen-bond donors (Lipinski definition) is 3. The minimum atomic E-state index is -1.08. The maximum absolute atomic E-state index is 11.9. The average Bonchev–Trinajstić information content (AvgIpc) is 2.48. The summed E-state index contributed by atoms with van der Waals surface area (Å²) in [7, 11) is 0. The number of rotatable bonds is 4. The molecule has 5 nitrogen and oxygen atoms in total. The lowest BCUT2D eigenvalue weighted by atomic mass is 9.94. The first-order valence-electron chi connectivity index (χ1n) is 6.79. The van der Waals surface area contributed by atoms with Gasteiger partial charge < -0.3 is 15.7 Å². The van der Waals surface area contributed by atoms with Crippen molar-refractivity contribution in [3.63, 3.8) is 0 Å². The number of anilines is 1. The van der Waals surface area contributed by atoms with Crippen molar-refractivity contribution in [1.29, 1.82) is 0 Å². The van der Waals surface area contributed by atoms with Crippen molar-refractivity contribution >= 4 is 33.6 Å². The number of hydrogen-bond acceptors (Lipinski definition) is 2. The van der Waals surface area contributed by atoms with Gasteiger partial charge in [0.25, 0.3) is 0 Å². The Kier molecular flexibility index (Phi) is 5.38. The van der Waals surface area contributed by atoms with E-state index >= 15 is 0 Å². The van der Waals surface area contributed by atoms with Crippen LogP contribution in [0.25, 0.3) is 0 Å². The third kappa shape index (κ3) is 4.60. The standard InChI is InChI=1S/C15H17BrN2O3/c16-11-6-7-13(12(8-11)14(19)20)18-15(21)17-9-10-4-2-1-3-5-10/h1-2,6-8,10H,3-5,9H2,(H,19,20)(H2,17,18,21). The summed E-state index contributed by atoms with van der Waals surface area (Å²) in [6.45, 7) is 0.592. The molecule has 0 spiro atoms. The van der Waals surface area contributed by atoms with E-state index in [1.54, 1.807) is 12.1 Å². The van der Waals surface area contributed by atoms with E-state index in [1.807, 2.05) is 0 Å². The lowest BCUT2D eigenvalue weighted by Crippen LogP contribution is -2.33. The van der Waals surface area contributed by atoms with E-state index in [0.717, 1.165) is 19.3 Å². The van der Waals surface area contributed by atoms with Gasteiger partial charge in [0.15, 0.2) is 0 Å². The van der Waals surface area contributed by atoms with Crippen LogP contribution >= 0.6 is 15.9 Å². The molecule has 1 aliphatic carbocycles. The minimum absolute atomic E-state index is 0.0557. The third-order valence-corrected chi connectivity index (χ3v) is 3.88. The Morgan fingerprint density at radius 2 is 2.14 bits per heavy atom. The molecule has 2 amide bonds. The van der Waals surface area contributed by atoms with Gasteiger partial charge in [-0.1, -0.05) is 28.1 Å². The normalized spacial score (nSPS) is 17.3. The van der Waals surface area contributed by atoms with Crippen molar-refractivity contribution in [2.75, 3.05) is 11.9 Å². The third-order valence-electron chi connectivity index (χ3n) is 3.39. The van der Waals surface area contributed by atoms with Crippen LogP contribution in [0.3, 0.4) is 0 Å². The molecule has 6 heteroatoms. The largest absolute Gasteiger partial charge is 0.478 e. The summed E-state index contributed by atoms with van der Waals surface area (Å²) in [5.41, 5.74) is 0.340. The number of allylic oxidation sites excluding steroid dienone is 2. The first-order valence-corrected chi connectivity index (χ1v) is 7.58. The molecular weight excluding hydrogens is 336 g/mol. The second-order valence-corrected chi connectivity index (χ2v) is 5.90. The number of nitrogens with one attached hydrogen (secondary N) is 2. The van der Waals surface area contributed by atoms with Crippen LogP contribution in [0.1, 0.15) is 29.6 Å². The van der Waals surface area contributed by atoms with Crippen LogP contribution in [0.4, 0.5) is 10.5 Å². The molecule has 1 atom stereocenters. The number of amides is 2. The molecule has 1 aromatic carbocycles. The maximum atomic E-state index is 11.9. The van der Waals surface area contributed by atoms with Crippen LogP contribution in [0.2, 0.25) is 0 Å². The molecule has 2 rings (SSSR count). The first kappa shape index (κ1) is 15.6. The summed E-state index contributed by atoms with van der Waals surface area (Å²) < 4.78 is 0.653. The fourth-order valence-electron chi connectivity index (χ4n) is 2.25. The van der Waals surface area contributed by atoms with Gasteiger partial charge in [-0.25, -0.2) is 9.59 Å². The summed E-state index contributed by atoms with van der Waals surface area (Å²) in [6.07, 6.45) is 7.36. The first-order chi connectivity index (χ1) is 10.1. The summed E-state index contributed by atoms with van der Waals surface area (Å²) in [5.74, 6) is -0.631. The minimum Gasteiger partial charge on any atom is -0.478 e. The van der Waals surface area contributed by atoms with Gasteiger partial charge in [-0.3, -0.25) is 0 Å². The number of aromatic carboxylic acids is 1. The zero-order valence-electron chi connectivity index (χ0n) is 11.4. The molecule has 0 heterocycles. The molecule has 3 N–H and O–H groups in total. The van der Waals surface area contributed by atoms with E-state index in [9.17, 15) is 9.59 Å². The van der Waals surface area contributed by atoms with Crippen molar-refractivity contribution < 1.29 is 14.7 Å². The lowest BCUT2D eigenvalue weighted by Gasteiger charge is -2.18. The number of carbonyl (C=O) groups is 2. The van der Waals surface area contributed by atoms with Gasteiger partial charge in [-0.15, -0.1) is 0 Å². The Hall–Kier alpha value is -1.82. The highest BCUT2D eigenvalue weighted by molar-refractivity contribution is 9.10. The summed E-state index contributed by atoms with van der Waals surface area (Å²) in [5, 5.41) is 14.5. The number of urea groups is 1. The fourth-order valence-corrected chi connectivity index (χ4v) is 2.61. The number of halogens is 1. The van der Waals surface area contributed by atoms with E-state index in [-0.39, 0.29) is 17.3 Å². The molecule has 0 aromatic heterocycles. The Bertz CT molecular complexity index is 572. The zero-order chi connectivity index (χ0) is 15.2. The molecule has 1 unspecified atom stereocenters. The zero-order valence-corrected chi connectivity index (χ0v) is 13.0. The predicted octanol–water partition coefficient (Wildman–Crippen LogP) is 3.63. The second-order valence-electron chi connectivity index (χ2n) is 4.98. The Morgan fingerprint density at radius 3 is 2.81 bits per heavy atom. The quantitative estimate of drug-likeness (QED) is 0.724. The smallest absolute Gasteiger partial charge is 0.337 e. The predicted molar refractivity (Wildman–Crippen MR) is 84.6 cm³/mol. The number of carboxylic acid groups (broad SMARTS) is 1. The monoisotopic (exact) mass is 352 g/mol. The van der Waals surface area contributed by atoms with Crippen LogP contribution in [0, 0.1) is 5.92 Å². The topological polar surface area (TPSA) is 78.4 Å². The summed E-state index contributed by atoms with van der Waals surface area (Å²) in [4.78, 5) is 23.0. The molecule has 0 saturated carbocycles. The van der Waals surface area contributed by atoms with Crippen LogP contribution in [0.5, 0.6) is 0 Å². The number of benzene rings is 1. The van der Waals surface area contributed by atoms with Gasteiger partial charge in [0.1, 0.15) is 0 Å². The molecule has 1 aliphatic rings. The molecule has 0 bridgehead atoms. The SMILES string of the molecule is O=C(NCC1CC=CCC1)Nc1ccc(Br)cc1C(=O)O. The molecular formula is C15H17BrN2O3. The molecule has 1 aromatic rings. The van der Waals surface area contributed by atoms with Crippen molar-refractivity contribution in [2.24, 2.45) is 5.92 Å². The van der Waals surface area contributed by atoms with Gasteiger partial charge >= 0.3 is 12.0 Å². The van der Waals surface area contributed by atoms with Gasteiger partial charge in [0, 0.05) is 11.0 Å². The van der Waals surface area contributed by atoms with Crippen LogP contribution in [-0.4, -0.2) is 23.7 Å². The van der Waals surface area contributed by atoms with Crippen molar-refractivity contribution in [3.05, 3.63) is 40.4 Å². The lowest BCUT2D eigenvalue weighted by molar-refractivity contribution is 0.0698. The van der Waals surface area contributed by atoms with Crippen LogP contribution < -0.4 is 10.6 Å². The Balaban J connectivity index is 1.93. The second kappa shape index (κ2) is 7.26. The molecule has 0 fully saturated rings. The van der Waals surface area contributed by atoms with Crippen LogP contribution in [-0.2, 0) is 0 Å². The molecule has 21 heavy (non-hydrogen) atoms. The molecule has 112 valence electrons. The van der Waals surface area contributed by atoms with Crippen LogP contribution in [0.15, 0.2) is 34.8 Å². The summed E-state index contributed by atoms with van der Waals surface area (Å²) in [6, 6.07) is 4.34. The highest BCUT2D eigenvalue weighted by Gasteiger charge is 2.14. The van der Waals surface area contributed by atoms with Crippen molar-refractivity contribution in [2.45, 2.75) is 19.3 Å².